The second-order valence-corrected chi connectivity index (χ2v) is 3.47. The second-order valence-electron chi connectivity index (χ2n) is 2.40. The van der Waals surface area contributed by atoms with Crippen molar-refractivity contribution in [2.24, 2.45) is 0 Å². The largest absolute Gasteiger partial charge is 0.204 e. The van der Waals surface area contributed by atoms with Crippen LogP contribution in [-0.4, -0.2) is 0 Å². The van der Waals surface area contributed by atoms with Crippen LogP contribution in [0.3, 0.4) is 0 Å². The summed E-state index contributed by atoms with van der Waals surface area (Å²) in [6.07, 6.45) is 0. The number of alkyl halides is 1. The molecule has 12 heavy (non-hydrogen) atoms. The van der Waals surface area contributed by atoms with Gasteiger partial charge in [-0.2, -0.15) is 0 Å². The second kappa shape index (κ2) is 3.58. The Kier molecular flexibility index (Phi) is 2.91. The number of rotatable bonds is 1. The molecule has 0 nitrogen and oxygen atoms in total. The molecule has 0 aliphatic carbocycles. The molecule has 0 radical (unpaired) electrons. The molecule has 1 atom stereocenters. The van der Waals surface area contributed by atoms with Gasteiger partial charge < -0.3 is 0 Å². The minimum atomic E-state index is -0.957. The van der Waals surface area contributed by atoms with Gasteiger partial charge in [-0.25, -0.2) is 8.78 Å². The zero-order valence-corrected chi connectivity index (χ0v) is 7.76. The third kappa shape index (κ3) is 1.87. The van der Waals surface area contributed by atoms with Crippen LogP contribution in [0.15, 0.2) is 12.1 Å². The molecule has 4 heteroatoms. The van der Waals surface area contributed by atoms with Gasteiger partial charge in [0.2, 0.25) is 0 Å². The molecule has 0 saturated heterocycles. The minimum Gasteiger partial charge on any atom is -0.204 e. The van der Waals surface area contributed by atoms with E-state index in [2.05, 4.69) is 0 Å². The van der Waals surface area contributed by atoms with Crippen LogP contribution in [0.4, 0.5) is 8.78 Å². The van der Waals surface area contributed by atoms with E-state index < -0.39 is 17.0 Å². The van der Waals surface area contributed by atoms with Crippen molar-refractivity contribution in [3.8, 4) is 0 Å². The summed E-state index contributed by atoms with van der Waals surface area (Å²) in [5.74, 6) is -1.89. The Morgan fingerprint density at radius 1 is 1.25 bits per heavy atom. The van der Waals surface area contributed by atoms with E-state index in [1.807, 2.05) is 0 Å². The molecular formula is C8H6Cl2F2. The Labute approximate surface area is 79.1 Å². The van der Waals surface area contributed by atoms with E-state index in [1.165, 1.54) is 0 Å². The van der Waals surface area contributed by atoms with Crippen LogP contribution >= 0.6 is 23.2 Å². The molecule has 1 aromatic carbocycles. The lowest BCUT2D eigenvalue weighted by atomic mass is 10.1. The van der Waals surface area contributed by atoms with Gasteiger partial charge in [0.25, 0.3) is 0 Å². The van der Waals surface area contributed by atoms with Gasteiger partial charge in [-0.3, -0.25) is 0 Å². The smallest absolute Gasteiger partial charge is 0.160 e. The first-order chi connectivity index (χ1) is 5.52. The predicted molar refractivity (Wildman–Crippen MR) is 45.6 cm³/mol. The van der Waals surface area contributed by atoms with E-state index in [4.69, 9.17) is 23.2 Å². The number of halogens is 4. The highest BCUT2D eigenvalue weighted by Crippen LogP contribution is 2.28. The van der Waals surface area contributed by atoms with Gasteiger partial charge in [0, 0.05) is 5.02 Å². The van der Waals surface area contributed by atoms with Crippen molar-refractivity contribution in [1.29, 1.82) is 0 Å². The minimum absolute atomic E-state index is 0.149. The summed E-state index contributed by atoms with van der Waals surface area (Å²) in [7, 11) is 0. The highest BCUT2D eigenvalue weighted by molar-refractivity contribution is 6.32. The van der Waals surface area contributed by atoms with Crippen molar-refractivity contribution >= 4 is 23.2 Å². The molecule has 0 aliphatic rings. The van der Waals surface area contributed by atoms with Gasteiger partial charge in [0.05, 0.1) is 5.38 Å². The summed E-state index contributed by atoms with van der Waals surface area (Å²) >= 11 is 11.3. The average Bonchev–Trinajstić information content (AvgIpc) is 1.96. The van der Waals surface area contributed by atoms with Crippen molar-refractivity contribution in [3.63, 3.8) is 0 Å². The molecule has 0 saturated carbocycles. The van der Waals surface area contributed by atoms with Gasteiger partial charge >= 0.3 is 0 Å². The molecule has 0 aliphatic heterocycles. The van der Waals surface area contributed by atoms with E-state index in [0.29, 0.717) is 5.56 Å². The first-order valence-electron chi connectivity index (χ1n) is 3.31. The average molecular weight is 211 g/mol. The lowest BCUT2D eigenvalue weighted by molar-refractivity contribution is 0.507. The number of hydrogen-bond acceptors (Lipinski definition) is 0. The monoisotopic (exact) mass is 210 g/mol. The Bertz CT molecular complexity index is 297. The van der Waals surface area contributed by atoms with Gasteiger partial charge in [0.15, 0.2) is 11.6 Å². The molecule has 66 valence electrons. The Balaban J connectivity index is 3.23. The van der Waals surface area contributed by atoms with E-state index in [9.17, 15) is 8.78 Å². The standard InChI is InChI=1S/C8H6Cl2F2/c1-4(9)5-2-7(11)8(12)3-6(5)10/h2-4H,1H3. The molecule has 0 N–H and O–H groups in total. The van der Waals surface area contributed by atoms with Crippen LogP contribution in [0.1, 0.15) is 17.9 Å². The topological polar surface area (TPSA) is 0 Å². The first-order valence-corrected chi connectivity index (χ1v) is 4.12. The van der Waals surface area contributed by atoms with Gasteiger partial charge in [-0.05, 0) is 24.6 Å². The summed E-state index contributed by atoms with van der Waals surface area (Å²) < 4.78 is 25.1. The highest BCUT2D eigenvalue weighted by atomic mass is 35.5. The summed E-state index contributed by atoms with van der Waals surface area (Å²) in [6.45, 7) is 1.64. The van der Waals surface area contributed by atoms with Crippen molar-refractivity contribution in [2.45, 2.75) is 12.3 Å². The third-order valence-corrected chi connectivity index (χ3v) is 2.03. The van der Waals surface area contributed by atoms with Gasteiger partial charge in [-0.1, -0.05) is 11.6 Å². The maximum absolute atomic E-state index is 12.6. The van der Waals surface area contributed by atoms with E-state index >= 15 is 0 Å². The number of hydrogen-bond donors (Lipinski definition) is 0. The van der Waals surface area contributed by atoms with E-state index in [0.717, 1.165) is 12.1 Å². The maximum atomic E-state index is 12.6. The summed E-state index contributed by atoms with van der Waals surface area (Å²) in [5.41, 5.74) is 0.400. The third-order valence-electron chi connectivity index (χ3n) is 1.47. The van der Waals surface area contributed by atoms with E-state index in [-0.39, 0.29) is 5.02 Å². The fraction of sp³-hybridized carbons (Fsp3) is 0.250. The Hall–Kier alpha value is -0.340. The Morgan fingerprint density at radius 2 is 1.75 bits per heavy atom. The van der Waals surface area contributed by atoms with Crippen LogP contribution in [-0.2, 0) is 0 Å². The number of benzene rings is 1. The van der Waals surface area contributed by atoms with Crippen LogP contribution in [0.2, 0.25) is 5.02 Å². The molecule has 0 fully saturated rings. The molecule has 1 rings (SSSR count). The molecule has 0 amide bonds. The molecule has 1 unspecified atom stereocenters. The van der Waals surface area contributed by atoms with Crippen LogP contribution < -0.4 is 0 Å². The SMILES string of the molecule is CC(Cl)c1cc(F)c(F)cc1Cl. The van der Waals surface area contributed by atoms with Gasteiger partial charge in [-0.15, -0.1) is 11.6 Å². The van der Waals surface area contributed by atoms with Crippen LogP contribution in [0.5, 0.6) is 0 Å². The lowest BCUT2D eigenvalue weighted by Crippen LogP contribution is -1.91. The molecule has 1 aromatic rings. The normalized spacial score (nSPS) is 13.1. The van der Waals surface area contributed by atoms with Crippen molar-refractivity contribution in [1.82, 2.24) is 0 Å². The van der Waals surface area contributed by atoms with Gasteiger partial charge in [0.1, 0.15) is 0 Å². The summed E-state index contributed by atoms with van der Waals surface area (Å²) in [5, 5.41) is -0.274. The van der Waals surface area contributed by atoms with Crippen molar-refractivity contribution in [2.75, 3.05) is 0 Å². The van der Waals surface area contributed by atoms with Crippen LogP contribution in [0.25, 0.3) is 0 Å². The van der Waals surface area contributed by atoms with Crippen LogP contribution in [0, 0.1) is 11.6 Å². The summed E-state index contributed by atoms with van der Waals surface area (Å²) in [4.78, 5) is 0. The van der Waals surface area contributed by atoms with E-state index in [1.54, 1.807) is 6.92 Å². The Morgan fingerprint density at radius 3 is 2.25 bits per heavy atom. The van der Waals surface area contributed by atoms with Crippen molar-refractivity contribution < 1.29 is 8.78 Å². The predicted octanol–water partition coefficient (Wildman–Crippen LogP) is 3.92. The maximum Gasteiger partial charge on any atom is 0.160 e. The lowest BCUT2D eigenvalue weighted by Gasteiger charge is -2.06. The molecule has 0 spiro atoms. The molecule has 0 heterocycles. The quantitative estimate of drug-likeness (QED) is 0.487. The fourth-order valence-corrected chi connectivity index (χ4v) is 1.39. The first kappa shape index (κ1) is 9.75. The summed E-state index contributed by atoms with van der Waals surface area (Å²) in [6, 6.07) is 1.93. The molecular weight excluding hydrogens is 205 g/mol. The zero-order valence-electron chi connectivity index (χ0n) is 6.24. The molecule has 0 aromatic heterocycles. The highest BCUT2D eigenvalue weighted by Gasteiger charge is 2.11. The zero-order chi connectivity index (χ0) is 9.30. The molecule has 0 bridgehead atoms. The fourth-order valence-electron chi connectivity index (χ4n) is 0.843. The van der Waals surface area contributed by atoms with Crippen molar-refractivity contribution in [3.05, 3.63) is 34.4 Å².